The van der Waals surface area contributed by atoms with Crippen molar-refractivity contribution in [3.63, 3.8) is 0 Å². The van der Waals surface area contributed by atoms with E-state index in [1.807, 2.05) is 0 Å². The Labute approximate surface area is 82.7 Å². The quantitative estimate of drug-likeness (QED) is 0.582. The van der Waals surface area contributed by atoms with Crippen molar-refractivity contribution in [2.24, 2.45) is 10.8 Å². The van der Waals surface area contributed by atoms with Gasteiger partial charge in [-0.15, -0.1) is 0 Å². The Kier molecular flexibility index (Phi) is 3.89. The van der Waals surface area contributed by atoms with E-state index in [2.05, 4.69) is 41.5 Å². The molecule has 0 unspecified atom stereocenters. The fraction of sp³-hybridized carbons (Fsp3) is 0.909. The summed E-state index contributed by atoms with van der Waals surface area (Å²) in [6.07, 6.45) is 2.14. The van der Waals surface area contributed by atoms with Gasteiger partial charge in [-0.1, -0.05) is 53.8 Å². The zero-order chi connectivity index (χ0) is 9.99. The summed E-state index contributed by atoms with van der Waals surface area (Å²) in [5, 5.41) is 0. The first-order valence-electron chi connectivity index (χ1n) is 4.62. The third-order valence-electron chi connectivity index (χ3n) is 1.45. The standard InChI is InChI=1S/C11H22S/c1-10(2,3)7-9(12)8-11(4,5)6/h7-8H2,1-6H3. The summed E-state index contributed by atoms with van der Waals surface area (Å²) < 4.78 is 0. The highest BCUT2D eigenvalue weighted by molar-refractivity contribution is 7.80. The van der Waals surface area contributed by atoms with Crippen LogP contribution in [0.3, 0.4) is 0 Å². The van der Waals surface area contributed by atoms with Gasteiger partial charge in [0.05, 0.1) is 0 Å². The molecule has 1 heteroatoms. The molecular formula is C11H22S. The van der Waals surface area contributed by atoms with Gasteiger partial charge in [0.15, 0.2) is 0 Å². The lowest BCUT2D eigenvalue weighted by atomic mass is 9.83. The smallest absolute Gasteiger partial charge is 0.00611 e. The number of hydrogen-bond donors (Lipinski definition) is 0. The van der Waals surface area contributed by atoms with Crippen LogP contribution in [0.15, 0.2) is 0 Å². The second-order valence-corrected chi connectivity index (χ2v) is 6.59. The first kappa shape index (κ1) is 12.1. The van der Waals surface area contributed by atoms with Crippen LogP contribution < -0.4 is 0 Å². The Balaban J connectivity index is 3.92. The minimum atomic E-state index is 0.350. The lowest BCUT2D eigenvalue weighted by Crippen LogP contribution is -2.17. The van der Waals surface area contributed by atoms with Gasteiger partial charge in [0.2, 0.25) is 0 Å². The van der Waals surface area contributed by atoms with Crippen LogP contribution in [0.25, 0.3) is 0 Å². The van der Waals surface area contributed by atoms with Gasteiger partial charge in [-0.3, -0.25) is 0 Å². The fourth-order valence-corrected chi connectivity index (χ4v) is 2.11. The molecule has 0 aliphatic carbocycles. The van der Waals surface area contributed by atoms with Gasteiger partial charge >= 0.3 is 0 Å². The van der Waals surface area contributed by atoms with Crippen molar-refractivity contribution in [1.29, 1.82) is 0 Å². The topological polar surface area (TPSA) is 0 Å². The van der Waals surface area contributed by atoms with E-state index in [9.17, 15) is 0 Å². The fourth-order valence-electron chi connectivity index (χ4n) is 1.25. The maximum Gasteiger partial charge on any atom is -0.00611 e. The predicted octanol–water partition coefficient (Wildman–Crippen LogP) is 4.23. The molecule has 0 saturated carbocycles. The minimum absolute atomic E-state index is 0.350. The third-order valence-corrected chi connectivity index (χ3v) is 1.74. The molecule has 0 saturated heterocycles. The Morgan fingerprint density at radius 3 is 1.25 bits per heavy atom. The molecule has 0 fully saturated rings. The lowest BCUT2D eigenvalue weighted by molar-refractivity contribution is 0.404. The molecule has 0 aromatic carbocycles. The van der Waals surface area contributed by atoms with Crippen molar-refractivity contribution in [1.82, 2.24) is 0 Å². The zero-order valence-corrected chi connectivity index (χ0v) is 10.1. The van der Waals surface area contributed by atoms with Gasteiger partial charge in [-0.2, -0.15) is 0 Å². The van der Waals surface area contributed by atoms with Crippen molar-refractivity contribution < 1.29 is 0 Å². The third kappa shape index (κ3) is 8.19. The summed E-state index contributed by atoms with van der Waals surface area (Å²) in [5.41, 5.74) is 0.699. The highest BCUT2D eigenvalue weighted by Crippen LogP contribution is 2.26. The van der Waals surface area contributed by atoms with Crippen LogP contribution in [0.2, 0.25) is 0 Å². The Morgan fingerprint density at radius 2 is 1.08 bits per heavy atom. The first-order valence-corrected chi connectivity index (χ1v) is 5.03. The van der Waals surface area contributed by atoms with Crippen LogP contribution in [0.4, 0.5) is 0 Å². The van der Waals surface area contributed by atoms with Crippen molar-refractivity contribution in [2.45, 2.75) is 54.4 Å². The van der Waals surface area contributed by atoms with Gasteiger partial charge in [0.1, 0.15) is 0 Å². The van der Waals surface area contributed by atoms with Crippen LogP contribution in [-0.2, 0) is 0 Å². The van der Waals surface area contributed by atoms with Crippen molar-refractivity contribution in [3.8, 4) is 0 Å². The first-order chi connectivity index (χ1) is 5.10. The predicted molar refractivity (Wildman–Crippen MR) is 60.7 cm³/mol. The molecule has 0 aromatic heterocycles. The average Bonchev–Trinajstić information content (AvgIpc) is 1.49. The van der Waals surface area contributed by atoms with Gasteiger partial charge in [0, 0.05) is 0 Å². The summed E-state index contributed by atoms with van der Waals surface area (Å²) in [6.45, 7) is 13.4. The molecule has 72 valence electrons. The summed E-state index contributed by atoms with van der Waals surface area (Å²) in [6, 6.07) is 0. The van der Waals surface area contributed by atoms with Crippen LogP contribution in [-0.4, -0.2) is 4.86 Å². The van der Waals surface area contributed by atoms with Gasteiger partial charge in [-0.25, -0.2) is 0 Å². The van der Waals surface area contributed by atoms with E-state index in [-0.39, 0.29) is 0 Å². The maximum atomic E-state index is 5.35. The molecule has 12 heavy (non-hydrogen) atoms. The van der Waals surface area contributed by atoms with Crippen LogP contribution >= 0.6 is 12.2 Å². The summed E-state index contributed by atoms with van der Waals surface area (Å²) in [4.78, 5) is 1.22. The highest BCUT2D eigenvalue weighted by atomic mass is 32.1. The zero-order valence-electron chi connectivity index (χ0n) is 9.32. The molecule has 0 rings (SSSR count). The van der Waals surface area contributed by atoms with Gasteiger partial charge in [-0.05, 0) is 28.5 Å². The average molecular weight is 186 g/mol. The molecule has 0 heterocycles. The van der Waals surface area contributed by atoms with E-state index in [0.29, 0.717) is 10.8 Å². The number of rotatable bonds is 2. The van der Waals surface area contributed by atoms with E-state index >= 15 is 0 Å². The summed E-state index contributed by atoms with van der Waals surface area (Å²) in [5.74, 6) is 0. The molecule has 0 aromatic rings. The van der Waals surface area contributed by atoms with E-state index in [4.69, 9.17) is 12.2 Å². The number of thiocarbonyl (C=S) groups is 1. The van der Waals surface area contributed by atoms with Gasteiger partial charge in [0.25, 0.3) is 0 Å². The molecule has 0 amide bonds. The van der Waals surface area contributed by atoms with Crippen molar-refractivity contribution >= 4 is 17.1 Å². The summed E-state index contributed by atoms with van der Waals surface area (Å²) in [7, 11) is 0. The van der Waals surface area contributed by atoms with Crippen LogP contribution in [0, 0.1) is 10.8 Å². The summed E-state index contributed by atoms with van der Waals surface area (Å²) >= 11 is 5.35. The van der Waals surface area contributed by atoms with Crippen LogP contribution in [0.5, 0.6) is 0 Å². The lowest BCUT2D eigenvalue weighted by Gasteiger charge is -2.23. The highest BCUT2D eigenvalue weighted by Gasteiger charge is 2.18. The number of hydrogen-bond acceptors (Lipinski definition) is 1. The molecule has 0 nitrogen and oxygen atoms in total. The van der Waals surface area contributed by atoms with Crippen molar-refractivity contribution in [2.75, 3.05) is 0 Å². The van der Waals surface area contributed by atoms with E-state index < -0.39 is 0 Å². The van der Waals surface area contributed by atoms with E-state index in [0.717, 1.165) is 12.8 Å². The van der Waals surface area contributed by atoms with Crippen LogP contribution in [0.1, 0.15) is 54.4 Å². The largest absolute Gasteiger partial charge is 0.0896 e. The Morgan fingerprint density at radius 1 is 0.833 bits per heavy atom. The Hall–Kier alpha value is 0.0900. The minimum Gasteiger partial charge on any atom is -0.0896 e. The molecule has 0 atom stereocenters. The van der Waals surface area contributed by atoms with Gasteiger partial charge < -0.3 is 0 Å². The molecule has 0 bridgehead atoms. The Bertz CT molecular complexity index is 137. The maximum absolute atomic E-state index is 5.35. The molecule has 0 N–H and O–H groups in total. The molecule has 0 spiro atoms. The normalized spacial score (nSPS) is 13.2. The molecular weight excluding hydrogens is 164 g/mol. The van der Waals surface area contributed by atoms with E-state index in [1.165, 1.54) is 4.86 Å². The second kappa shape index (κ2) is 3.87. The SMILES string of the molecule is CC(C)(C)CC(=S)CC(C)(C)C. The molecule has 0 aliphatic rings. The van der Waals surface area contributed by atoms with E-state index in [1.54, 1.807) is 0 Å². The van der Waals surface area contributed by atoms with Crippen molar-refractivity contribution in [3.05, 3.63) is 0 Å². The second-order valence-electron chi connectivity index (χ2n) is 6.01. The monoisotopic (exact) mass is 186 g/mol. The molecule has 0 aliphatic heterocycles. The molecule has 0 radical (unpaired) electrons.